The average molecular weight is 299 g/mol. The molecule has 0 bridgehead atoms. The summed E-state index contributed by atoms with van der Waals surface area (Å²) < 4.78 is 5.15. The molecule has 22 heavy (non-hydrogen) atoms. The van der Waals surface area contributed by atoms with Gasteiger partial charge in [0.05, 0.1) is 12.8 Å². The van der Waals surface area contributed by atoms with E-state index in [4.69, 9.17) is 4.74 Å². The van der Waals surface area contributed by atoms with Crippen molar-refractivity contribution in [3.05, 3.63) is 40.7 Å². The maximum atomic E-state index is 11.9. The third-order valence-corrected chi connectivity index (χ3v) is 4.07. The second-order valence-corrected chi connectivity index (χ2v) is 5.69. The van der Waals surface area contributed by atoms with Gasteiger partial charge in [-0.1, -0.05) is 19.3 Å². The summed E-state index contributed by atoms with van der Waals surface area (Å²) in [5, 5.41) is 3.36. The fourth-order valence-corrected chi connectivity index (χ4v) is 2.88. The number of nitrogens with one attached hydrogen (secondary N) is 2. The zero-order valence-electron chi connectivity index (χ0n) is 12.8. The Kier molecular flexibility index (Phi) is 4.42. The molecule has 1 fully saturated rings. The van der Waals surface area contributed by atoms with Crippen LogP contribution in [0, 0.1) is 0 Å². The summed E-state index contributed by atoms with van der Waals surface area (Å²) in [7, 11) is 1.63. The molecule has 2 aromatic rings. The molecule has 1 heterocycles. The fraction of sp³-hybridized carbons (Fsp3) is 0.412. The summed E-state index contributed by atoms with van der Waals surface area (Å²) in [6.45, 7) is 0. The van der Waals surface area contributed by atoms with Crippen molar-refractivity contribution < 1.29 is 4.74 Å². The van der Waals surface area contributed by atoms with Gasteiger partial charge in [0, 0.05) is 17.7 Å². The topological polar surface area (TPSA) is 67.0 Å². The first-order chi connectivity index (χ1) is 10.7. The van der Waals surface area contributed by atoms with Gasteiger partial charge >= 0.3 is 0 Å². The van der Waals surface area contributed by atoms with Gasteiger partial charge in [0.15, 0.2) is 0 Å². The van der Waals surface area contributed by atoms with E-state index in [-0.39, 0.29) is 5.56 Å². The van der Waals surface area contributed by atoms with E-state index < -0.39 is 0 Å². The largest absolute Gasteiger partial charge is 0.497 e. The molecule has 0 radical (unpaired) electrons. The fourth-order valence-electron chi connectivity index (χ4n) is 2.88. The van der Waals surface area contributed by atoms with Gasteiger partial charge in [-0.3, -0.25) is 9.78 Å². The van der Waals surface area contributed by atoms with E-state index in [1.54, 1.807) is 7.11 Å². The van der Waals surface area contributed by atoms with Gasteiger partial charge in [-0.2, -0.15) is 0 Å². The highest BCUT2D eigenvalue weighted by atomic mass is 16.5. The lowest BCUT2D eigenvalue weighted by Crippen LogP contribution is -2.25. The van der Waals surface area contributed by atoms with E-state index in [1.807, 2.05) is 24.3 Å². The molecule has 1 aliphatic carbocycles. The second kappa shape index (κ2) is 6.64. The quantitative estimate of drug-likeness (QED) is 0.910. The van der Waals surface area contributed by atoms with E-state index in [2.05, 4.69) is 15.3 Å². The molecule has 1 aromatic carbocycles. The van der Waals surface area contributed by atoms with E-state index in [0.29, 0.717) is 17.7 Å². The van der Waals surface area contributed by atoms with Crippen molar-refractivity contribution in [2.75, 3.05) is 12.4 Å². The molecule has 0 unspecified atom stereocenters. The number of hydrogen-bond acceptors (Lipinski definition) is 4. The molecule has 0 aliphatic heterocycles. The van der Waals surface area contributed by atoms with E-state index in [0.717, 1.165) is 24.2 Å². The van der Waals surface area contributed by atoms with Gasteiger partial charge < -0.3 is 10.1 Å². The predicted octanol–water partition coefficient (Wildman–Crippen LogP) is 3.19. The Labute approximate surface area is 129 Å². The highest BCUT2D eigenvalue weighted by Gasteiger charge is 2.14. The molecule has 5 heteroatoms. The van der Waals surface area contributed by atoms with Gasteiger partial charge in [-0.15, -0.1) is 0 Å². The minimum Gasteiger partial charge on any atom is -0.497 e. The van der Waals surface area contributed by atoms with Crippen molar-refractivity contribution in [3.63, 3.8) is 0 Å². The van der Waals surface area contributed by atoms with Crippen LogP contribution in [0.2, 0.25) is 0 Å². The number of nitrogens with zero attached hydrogens (tertiary/aromatic N) is 1. The standard InChI is InChI=1S/C17H21N3O2/c1-22-14-9-7-12(8-10-14)15-11-16(21)20-17(19-15)18-13-5-3-2-4-6-13/h7-11,13H,2-6H2,1H3,(H2,18,19,20,21). The van der Waals surface area contributed by atoms with Crippen molar-refractivity contribution in [2.24, 2.45) is 0 Å². The summed E-state index contributed by atoms with van der Waals surface area (Å²) in [4.78, 5) is 19.2. The number of aromatic amines is 1. The first-order valence-electron chi connectivity index (χ1n) is 7.77. The maximum Gasteiger partial charge on any atom is 0.252 e. The molecule has 3 rings (SSSR count). The van der Waals surface area contributed by atoms with Gasteiger partial charge in [-0.05, 0) is 37.1 Å². The van der Waals surface area contributed by atoms with Crippen molar-refractivity contribution in [1.82, 2.24) is 9.97 Å². The zero-order valence-corrected chi connectivity index (χ0v) is 12.8. The average Bonchev–Trinajstić information content (AvgIpc) is 2.55. The lowest BCUT2D eigenvalue weighted by Gasteiger charge is -2.23. The normalized spacial score (nSPS) is 15.5. The van der Waals surface area contributed by atoms with Crippen molar-refractivity contribution in [2.45, 2.75) is 38.1 Å². The molecule has 0 amide bonds. The number of methoxy groups -OCH3 is 1. The Morgan fingerprint density at radius 2 is 1.91 bits per heavy atom. The predicted molar refractivity (Wildman–Crippen MR) is 87.3 cm³/mol. The Bertz CT molecular complexity index is 673. The van der Waals surface area contributed by atoms with Gasteiger partial charge in [0.2, 0.25) is 5.95 Å². The number of rotatable bonds is 4. The molecular formula is C17H21N3O2. The lowest BCUT2D eigenvalue weighted by atomic mass is 9.96. The van der Waals surface area contributed by atoms with E-state index in [1.165, 1.54) is 25.3 Å². The number of H-pyrrole nitrogens is 1. The first kappa shape index (κ1) is 14.6. The molecule has 1 saturated carbocycles. The highest BCUT2D eigenvalue weighted by Crippen LogP contribution is 2.22. The Morgan fingerprint density at radius 1 is 1.18 bits per heavy atom. The lowest BCUT2D eigenvalue weighted by molar-refractivity contribution is 0.415. The van der Waals surface area contributed by atoms with Crippen molar-refractivity contribution in [3.8, 4) is 17.0 Å². The summed E-state index contributed by atoms with van der Waals surface area (Å²) in [5.41, 5.74) is 1.43. The monoisotopic (exact) mass is 299 g/mol. The highest BCUT2D eigenvalue weighted by molar-refractivity contribution is 5.60. The van der Waals surface area contributed by atoms with E-state index in [9.17, 15) is 4.79 Å². The van der Waals surface area contributed by atoms with Gasteiger partial charge in [0.25, 0.3) is 5.56 Å². The van der Waals surface area contributed by atoms with Gasteiger partial charge in [-0.25, -0.2) is 4.98 Å². The molecule has 1 aromatic heterocycles. The van der Waals surface area contributed by atoms with Crippen LogP contribution in [0.4, 0.5) is 5.95 Å². The Hall–Kier alpha value is -2.30. The van der Waals surface area contributed by atoms with Crippen molar-refractivity contribution in [1.29, 1.82) is 0 Å². The minimum atomic E-state index is -0.140. The van der Waals surface area contributed by atoms with Crippen molar-refractivity contribution >= 4 is 5.95 Å². The summed E-state index contributed by atoms with van der Waals surface area (Å²) in [6, 6.07) is 9.48. The number of ether oxygens (including phenoxy) is 1. The van der Waals surface area contributed by atoms with Gasteiger partial charge in [0.1, 0.15) is 5.75 Å². The molecular weight excluding hydrogens is 278 g/mol. The van der Waals surface area contributed by atoms with E-state index >= 15 is 0 Å². The van der Waals surface area contributed by atoms with Crippen LogP contribution in [0.15, 0.2) is 35.1 Å². The van der Waals surface area contributed by atoms with Crippen LogP contribution < -0.4 is 15.6 Å². The third-order valence-electron chi connectivity index (χ3n) is 4.07. The SMILES string of the molecule is COc1ccc(-c2cc(=O)[nH]c(NC3CCCCC3)n2)cc1. The van der Waals surface area contributed by atoms with Crippen LogP contribution in [0.5, 0.6) is 5.75 Å². The van der Waals surface area contributed by atoms with Crippen LogP contribution >= 0.6 is 0 Å². The molecule has 1 aliphatic rings. The summed E-state index contributed by atoms with van der Waals surface area (Å²) in [6.07, 6.45) is 6.04. The van der Waals surface area contributed by atoms with Crippen LogP contribution in [0.25, 0.3) is 11.3 Å². The van der Waals surface area contributed by atoms with Crippen LogP contribution in [0.1, 0.15) is 32.1 Å². The summed E-state index contributed by atoms with van der Waals surface area (Å²) in [5.74, 6) is 1.35. The number of hydrogen-bond donors (Lipinski definition) is 2. The molecule has 2 N–H and O–H groups in total. The Balaban J connectivity index is 1.83. The number of benzene rings is 1. The molecule has 116 valence electrons. The third kappa shape index (κ3) is 3.47. The number of aromatic nitrogens is 2. The smallest absolute Gasteiger partial charge is 0.252 e. The minimum absolute atomic E-state index is 0.140. The Morgan fingerprint density at radius 3 is 2.59 bits per heavy atom. The zero-order chi connectivity index (χ0) is 15.4. The first-order valence-corrected chi connectivity index (χ1v) is 7.77. The van der Waals surface area contributed by atoms with Crippen LogP contribution in [-0.4, -0.2) is 23.1 Å². The number of anilines is 1. The molecule has 0 spiro atoms. The van der Waals surface area contributed by atoms with Crippen LogP contribution in [0.3, 0.4) is 0 Å². The molecule has 0 atom stereocenters. The second-order valence-electron chi connectivity index (χ2n) is 5.69. The summed E-state index contributed by atoms with van der Waals surface area (Å²) >= 11 is 0. The van der Waals surface area contributed by atoms with Crippen LogP contribution in [-0.2, 0) is 0 Å². The maximum absolute atomic E-state index is 11.9. The molecule has 0 saturated heterocycles. The molecule has 5 nitrogen and oxygen atoms in total.